The molecule has 7 nitrogen and oxygen atoms in total. The van der Waals surface area contributed by atoms with Crippen LogP contribution in [-0.2, 0) is 16.1 Å². The van der Waals surface area contributed by atoms with Gasteiger partial charge < -0.3 is 10.2 Å². The van der Waals surface area contributed by atoms with Gasteiger partial charge in [0.05, 0.1) is 12.4 Å². The maximum Gasteiger partial charge on any atom is 0.243 e. The molecule has 1 saturated heterocycles. The van der Waals surface area contributed by atoms with Crippen LogP contribution in [0.2, 0.25) is 0 Å². The Hall–Kier alpha value is -1.57. The summed E-state index contributed by atoms with van der Waals surface area (Å²) in [4.78, 5) is 30.1. The van der Waals surface area contributed by atoms with Crippen LogP contribution in [0.15, 0.2) is 12.7 Å². The molecule has 8 heteroatoms. The van der Waals surface area contributed by atoms with Crippen LogP contribution in [0.5, 0.6) is 0 Å². The summed E-state index contributed by atoms with van der Waals surface area (Å²) in [6.45, 7) is 5.40. The van der Waals surface area contributed by atoms with E-state index in [4.69, 9.17) is 0 Å². The number of carbonyl (C=O) groups excluding carboxylic acids is 2. The van der Waals surface area contributed by atoms with Crippen molar-refractivity contribution in [3.8, 4) is 0 Å². The van der Waals surface area contributed by atoms with Gasteiger partial charge in [0.2, 0.25) is 11.8 Å². The van der Waals surface area contributed by atoms with Crippen LogP contribution in [0, 0.1) is 5.92 Å². The van der Waals surface area contributed by atoms with Crippen molar-refractivity contribution in [2.75, 3.05) is 18.2 Å². The van der Waals surface area contributed by atoms with Gasteiger partial charge in [-0.3, -0.25) is 14.3 Å². The van der Waals surface area contributed by atoms with Crippen LogP contribution in [0.3, 0.4) is 0 Å². The van der Waals surface area contributed by atoms with Crippen LogP contribution >= 0.6 is 11.8 Å². The molecule has 0 bridgehead atoms. The first-order valence-corrected chi connectivity index (χ1v) is 8.70. The highest BCUT2D eigenvalue weighted by molar-refractivity contribution is 7.99. The predicted octanol–water partition coefficient (Wildman–Crippen LogP) is 0.732. The summed E-state index contributed by atoms with van der Waals surface area (Å²) in [7, 11) is 0. The molecule has 2 amide bonds. The molecule has 1 atom stereocenters. The largest absolute Gasteiger partial charge is 0.354 e. The Bertz CT molecular complexity index is 491. The Morgan fingerprint density at radius 2 is 2.27 bits per heavy atom. The van der Waals surface area contributed by atoms with Crippen molar-refractivity contribution in [1.82, 2.24) is 25.0 Å². The Morgan fingerprint density at radius 1 is 1.45 bits per heavy atom. The van der Waals surface area contributed by atoms with E-state index in [1.165, 1.54) is 6.33 Å². The quantitative estimate of drug-likeness (QED) is 0.799. The maximum atomic E-state index is 12.3. The highest BCUT2D eigenvalue weighted by Crippen LogP contribution is 2.22. The molecule has 0 aliphatic carbocycles. The van der Waals surface area contributed by atoms with Crippen molar-refractivity contribution < 1.29 is 9.59 Å². The van der Waals surface area contributed by atoms with Crippen molar-refractivity contribution in [3.05, 3.63) is 12.7 Å². The van der Waals surface area contributed by atoms with E-state index in [9.17, 15) is 9.59 Å². The summed E-state index contributed by atoms with van der Waals surface area (Å²) in [5.74, 6) is 1.75. The van der Waals surface area contributed by atoms with Gasteiger partial charge in [0, 0.05) is 18.7 Å². The summed E-state index contributed by atoms with van der Waals surface area (Å²) in [6, 6.07) is -0.347. The average molecular weight is 325 g/mol. The summed E-state index contributed by atoms with van der Waals surface area (Å²) in [5, 5.41) is 6.91. The summed E-state index contributed by atoms with van der Waals surface area (Å²) in [5.41, 5.74) is 0. The van der Waals surface area contributed by atoms with Crippen LogP contribution < -0.4 is 5.32 Å². The summed E-state index contributed by atoms with van der Waals surface area (Å²) >= 11 is 1.62. The molecule has 122 valence electrons. The molecule has 1 aliphatic rings. The van der Waals surface area contributed by atoms with Gasteiger partial charge in [-0.15, -0.1) is 11.8 Å². The van der Waals surface area contributed by atoms with E-state index in [-0.39, 0.29) is 17.9 Å². The van der Waals surface area contributed by atoms with E-state index < -0.39 is 0 Å². The van der Waals surface area contributed by atoms with E-state index in [1.807, 2.05) is 0 Å². The lowest BCUT2D eigenvalue weighted by Crippen LogP contribution is -2.47. The van der Waals surface area contributed by atoms with Crippen LogP contribution in [0.1, 0.15) is 26.7 Å². The highest BCUT2D eigenvalue weighted by Gasteiger charge is 2.34. The van der Waals surface area contributed by atoms with Crippen LogP contribution in [0.4, 0.5) is 0 Å². The molecule has 1 aromatic heterocycles. The van der Waals surface area contributed by atoms with Crippen LogP contribution in [0.25, 0.3) is 0 Å². The monoisotopic (exact) mass is 325 g/mol. The first-order chi connectivity index (χ1) is 10.6. The lowest BCUT2D eigenvalue weighted by Gasteiger charge is -2.23. The Balaban J connectivity index is 1.81. The van der Waals surface area contributed by atoms with Crippen molar-refractivity contribution in [2.24, 2.45) is 5.92 Å². The molecule has 1 aliphatic heterocycles. The fraction of sp³-hybridized carbons (Fsp3) is 0.714. The molecule has 1 aromatic rings. The second-order valence-corrected chi connectivity index (χ2v) is 6.76. The smallest absolute Gasteiger partial charge is 0.243 e. The number of carbonyl (C=O) groups is 2. The molecule has 0 saturated carbocycles. The van der Waals surface area contributed by atoms with Crippen molar-refractivity contribution in [3.63, 3.8) is 0 Å². The maximum absolute atomic E-state index is 12.3. The molecule has 0 radical (unpaired) electrons. The number of nitrogens with zero attached hydrogens (tertiary/aromatic N) is 4. The Morgan fingerprint density at radius 3 is 2.95 bits per heavy atom. The van der Waals surface area contributed by atoms with Crippen molar-refractivity contribution >= 4 is 23.6 Å². The third-order valence-corrected chi connectivity index (χ3v) is 4.56. The van der Waals surface area contributed by atoms with E-state index in [1.54, 1.807) is 27.7 Å². The van der Waals surface area contributed by atoms with Crippen molar-refractivity contribution in [2.45, 2.75) is 39.3 Å². The number of hydrogen-bond acceptors (Lipinski definition) is 5. The molecule has 0 aromatic carbocycles. The lowest BCUT2D eigenvalue weighted by atomic mass is 10.1. The van der Waals surface area contributed by atoms with Gasteiger partial charge in [-0.1, -0.05) is 13.8 Å². The highest BCUT2D eigenvalue weighted by atomic mass is 32.2. The fourth-order valence-corrected chi connectivity index (χ4v) is 3.39. The van der Waals surface area contributed by atoms with Crippen LogP contribution in [-0.4, -0.2) is 55.7 Å². The number of aromatic nitrogens is 3. The van der Waals surface area contributed by atoms with E-state index in [0.29, 0.717) is 37.1 Å². The Labute approximate surface area is 134 Å². The first-order valence-electron chi connectivity index (χ1n) is 7.55. The fourth-order valence-electron chi connectivity index (χ4n) is 2.21. The van der Waals surface area contributed by atoms with E-state index in [0.717, 1.165) is 6.42 Å². The van der Waals surface area contributed by atoms with Gasteiger partial charge >= 0.3 is 0 Å². The first kappa shape index (κ1) is 16.8. The standard InChI is InChI=1S/C14H23N5O2S/c1-11(2)3-5-16-14(21)12-7-22-10-19(12)13(20)4-6-18-9-15-8-17-18/h8-9,11-12H,3-7,10H2,1-2H3,(H,16,21)/t12-/m1/s1. The molecule has 0 spiro atoms. The molecule has 22 heavy (non-hydrogen) atoms. The zero-order valence-corrected chi connectivity index (χ0v) is 13.9. The van der Waals surface area contributed by atoms with Gasteiger partial charge in [-0.2, -0.15) is 5.10 Å². The number of nitrogens with one attached hydrogen (secondary N) is 1. The molecular formula is C14H23N5O2S. The van der Waals surface area contributed by atoms with Gasteiger partial charge in [-0.25, -0.2) is 4.98 Å². The second kappa shape index (κ2) is 8.17. The molecule has 2 heterocycles. The number of hydrogen-bond donors (Lipinski definition) is 1. The van der Waals surface area contributed by atoms with Gasteiger partial charge in [0.25, 0.3) is 0 Å². The van der Waals surface area contributed by atoms with Gasteiger partial charge in [0.15, 0.2) is 0 Å². The third kappa shape index (κ3) is 4.72. The van der Waals surface area contributed by atoms with Gasteiger partial charge in [0.1, 0.15) is 18.7 Å². The molecular weight excluding hydrogens is 302 g/mol. The average Bonchev–Trinajstić information content (AvgIpc) is 3.15. The molecule has 1 fully saturated rings. The topological polar surface area (TPSA) is 80.1 Å². The minimum atomic E-state index is -0.347. The number of aryl methyl sites for hydroxylation is 1. The summed E-state index contributed by atoms with van der Waals surface area (Å²) in [6.07, 6.45) is 4.31. The summed E-state index contributed by atoms with van der Waals surface area (Å²) < 4.78 is 1.62. The minimum Gasteiger partial charge on any atom is -0.354 e. The normalized spacial score (nSPS) is 18.0. The molecule has 1 N–H and O–H groups in total. The number of rotatable bonds is 7. The zero-order valence-electron chi connectivity index (χ0n) is 13.1. The van der Waals surface area contributed by atoms with E-state index >= 15 is 0 Å². The molecule has 0 unspecified atom stereocenters. The molecule has 2 rings (SSSR count). The Kier molecular flexibility index (Phi) is 6.23. The zero-order chi connectivity index (χ0) is 15.9. The third-order valence-electron chi connectivity index (χ3n) is 3.55. The number of thioether (sulfide) groups is 1. The van der Waals surface area contributed by atoms with Crippen molar-refractivity contribution in [1.29, 1.82) is 0 Å². The minimum absolute atomic E-state index is 0.00971. The predicted molar refractivity (Wildman–Crippen MR) is 85.1 cm³/mol. The lowest BCUT2D eigenvalue weighted by molar-refractivity contribution is -0.138. The second-order valence-electron chi connectivity index (χ2n) is 5.76. The SMILES string of the molecule is CC(C)CCNC(=O)[C@H]1CSCN1C(=O)CCn1cncn1. The van der Waals surface area contributed by atoms with Gasteiger partial charge in [-0.05, 0) is 12.3 Å². The number of amides is 2. The van der Waals surface area contributed by atoms with E-state index in [2.05, 4.69) is 29.2 Å².